The lowest BCUT2D eigenvalue weighted by Gasteiger charge is -2.41. The van der Waals surface area contributed by atoms with Crippen LogP contribution in [0.4, 0.5) is 0 Å². The zero-order valence-corrected chi connectivity index (χ0v) is 9.97. The van der Waals surface area contributed by atoms with Gasteiger partial charge in [-0.25, -0.2) is 0 Å². The highest BCUT2D eigenvalue weighted by molar-refractivity contribution is 5.79. The van der Waals surface area contributed by atoms with Crippen LogP contribution in [-0.4, -0.2) is 38.1 Å². The number of carbonyl (C=O) groups is 2. The molecule has 0 aliphatic heterocycles. The predicted molar refractivity (Wildman–Crippen MR) is 59.9 cm³/mol. The smallest absolute Gasteiger partial charge is 0.307 e. The fourth-order valence-electron chi connectivity index (χ4n) is 1.89. The summed E-state index contributed by atoms with van der Waals surface area (Å²) in [6.45, 7) is 0.653. The molecule has 5 heteroatoms. The van der Waals surface area contributed by atoms with Crippen LogP contribution in [0, 0.1) is 0 Å². The van der Waals surface area contributed by atoms with Gasteiger partial charge < -0.3 is 15.4 Å². The Morgan fingerprint density at radius 2 is 2.06 bits per heavy atom. The molecule has 2 N–H and O–H groups in total. The van der Waals surface area contributed by atoms with Crippen LogP contribution in [0.1, 0.15) is 32.1 Å². The molecule has 0 aromatic heterocycles. The summed E-state index contributed by atoms with van der Waals surface area (Å²) in [6.07, 6.45) is 3.53. The van der Waals surface area contributed by atoms with Gasteiger partial charge in [0.1, 0.15) is 0 Å². The summed E-state index contributed by atoms with van der Waals surface area (Å²) in [4.78, 5) is 22.8. The van der Waals surface area contributed by atoms with Crippen molar-refractivity contribution in [3.8, 4) is 0 Å². The normalized spacial score (nSPS) is 17.4. The third-order valence-electron chi connectivity index (χ3n) is 3.03. The number of amides is 1. The second-order valence-electron chi connectivity index (χ2n) is 4.29. The van der Waals surface area contributed by atoms with Crippen LogP contribution in [0.5, 0.6) is 0 Å². The quantitative estimate of drug-likeness (QED) is 0.637. The molecule has 1 aliphatic carbocycles. The van der Waals surface area contributed by atoms with E-state index in [9.17, 15) is 9.59 Å². The van der Waals surface area contributed by atoms with Crippen molar-refractivity contribution in [2.75, 3.05) is 20.7 Å². The van der Waals surface area contributed by atoms with Crippen molar-refractivity contribution < 1.29 is 14.3 Å². The molecule has 0 aromatic rings. The molecule has 1 saturated carbocycles. The Kier molecular flexibility index (Phi) is 4.73. The Morgan fingerprint density at radius 3 is 2.50 bits per heavy atom. The molecule has 16 heavy (non-hydrogen) atoms. The second-order valence-corrected chi connectivity index (χ2v) is 4.29. The lowest BCUT2D eigenvalue weighted by Crippen LogP contribution is -2.55. The fourth-order valence-corrected chi connectivity index (χ4v) is 1.89. The van der Waals surface area contributed by atoms with Crippen LogP contribution in [0.3, 0.4) is 0 Å². The zero-order valence-electron chi connectivity index (χ0n) is 9.97. The molecular weight excluding hydrogens is 208 g/mol. The molecule has 0 atom stereocenters. The number of methoxy groups -OCH3 is 1. The monoisotopic (exact) mass is 228 g/mol. The zero-order chi connectivity index (χ0) is 12.0. The minimum absolute atomic E-state index is 0.00190. The summed E-state index contributed by atoms with van der Waals surface area (Å²) in [5.74, 6) is -0.258. The number of hydrogen-bond donors (Lipinski definition) is 2. The number of carbonyl (C=O) groups excluding carboxylic acids is 2. The molecule has 0 unspecified atom stereocenters. The largest absolute Gasteiger partial charge is 0.469 e. The number of rotatable bonds is 6. The third kappa shape index (κ3) is 3.48. The highest BCUT2D eigenvalue weighted by Crippen LogP contribution is 2.35. The van der Waals surface area contributed by atoms with Crippen molar-refractivity contribution in [1.82, 2.24) is 10.6 Å². The van der Waals surface area contributed by atoms with Gasteiger partial charge in [-0.15, -0.1) is 0 Å². The summed E-state index contributed by atoms with van der Waals surface area (Å²) >= 11 is 0. The van der Waals surface area contributed by atoms with E-state index >= 15 is 0 Å². The Bertz CT molecular complexity index is 262. The Morgan fingerprint density at radius 1 is 1.38 bits per heavy atom. The second kappa shape index (κ2) is 5.84. The van der Waals surface area contributed by atoms with E-state index in [0.717, 1.165) is 19.3 Å². The van der Waals surface area contributed by atoms with E-state index in [-0.39, 0.29) is 23.8 Å². The molecule has 0 heterocycles. The van der Waals surface area contributed by atoms with Crippen molar-refractivity contribution in [3.05, 3.63) is 0 Å². The summed E-state index contributed by atoms with van der Waals surface area (Å²) in [5.41, 5.74) is -0.335. The van der Waals surface area contributed by atoms with E-state index in [1.807, 2.05) is 0 Å². The van der Waals surface area contributed by atoms with Crippen LogP contribution in [-0.2, 0) is 14.3 Å². The molecule has 0 spiro atoms. The van der Waals surface area contributed by atoms with Gasteiger partial charge in [0, 0.05) is 13.0 Å². The minimum Gasteiger partial charge on any atom is -0.469 e. The molecule has 0 aromatic carbocycles. The van der Waals surface area contributed by atoms with E-state index in [1.165, 1.54) is 7.11 Å². The first-order chi connectivity index (χ1) is 7.62. The molecule has 5 nitrogen and oxygen atoms in total. The molecule has 0 bridgehead atoms. The van der Waals surface area contributed by atoms with Gasteiger partial charge in [-0.05, 0) is 26.3 Å². The van der Waals surface area contributed by atoms with Gasteiger partial charge in [0.05, 0.1) is 19.1 Å². The highest BCUT2D eigenvalue weighted by atomic mass is 16.5. The lowest BCUT2D eigenvalue weighted by atomic mass is 9.74. The van der Waals surface area contributed by atoms with Gasteiger partial charge in [-0.1, -0.05) is 0 Å². The first-order valence-electron chi connectivity index (χ1n) is 5.64. The fraction of sp³-hybridized carbons (Fsp3) is 0.818. The minimum atomic E-state index is -0.335. The van der Waals surface area contributed by atoms with Crippen molar-refractivity contribution in [1.29, 1.82) is 0 Å². The topological polar surface area (TPSA) is 67.4 Å². The summed E-state index contributed by atoms with van der Waals surface area (Å²) in [5, 5.41) is 5.87. The average molecular weight is 228 g/mol. The molecule has 0 radical (unpaired) electrons. The van der Waals surface area contributed by atoms with Crippen molar-refractivity contribution in [2.45, 2.75) is 37.6 Å². The van der Waals surface area contributed by atoms with Crippen LogP contribution in [0.25, 0.3) is 0 Å². The summed E-state index contributed by atoms with van der Waals surface area (Å²) < 4.78 is 4.64. The first-order valence-corrected chi connectivity index (χ1v) is 5.64. The lowest BCUT2D eigenvalue weighted by molar-refractivity contribution is -0.144. The number of nitrogens with one attached hydrogen (secondary N) is 2. The highest BCUT2D eigenvalue weighted by Gasteiger charge is 2.40. The molecule has 1 rings (SSSR count). The van der Waals surface area contributed by atoms with Gasteiger partial charge in [-0.2, -0.15) is 0 Å². The maximum atomic E-state index is 11.6. The number of ether oxygens (including phenoxy) is 1. The van der Waals surface area contributed by atoms with E-state index in [2.05, 4.69) is 15.4 Å². The van der Waals surface area contributed by atoms with Crippen LogP contribution in [0.2, 0.25) is 0 Å². The SMILES string of the molecule is CNCCC(=O)NC1(CC(=O)OC)CCC1. The van der Waals surface area contributed by atoms with Crippen molar-refractivity contribution in [2.24, 2.45) is 0 Å². The van der Waals surface area contributed by atoms with Gasteiger partial charge in [0.2, 0.25) is 5.91 Å². The van der Waals surface area contributed by atoms with E-state index in [4.69, 9.17) is 0 Å². The summed E-state index contributed by atoms with van der Waals surface area (Å²) in [7, 11) is 3.18. The van der Waals surface area contributed by atoms with Gasteiger partial charge in [0.15, 0.2) is 0 Å². The van der Waals surface area contributed by atoms with Crippen molar-refractivity contribution in [3.63, 3.8) is 0 Å². The third-order valence-corrected chi connectivity index (χ3v) is 3.03. The molecular formula is C11H20N2O3. The van der Waals surface area contributed by atoms with Crippen LogP contribution >= 0.6 is 0 Å². The van der Waals surface area contributed by atoms with Gasteiger partial charge in [-0.3, -0.25) is 9.59 Å². The summed E-state index contributed by atoms with van der Waals surface area (Å²) in [6, 6.07) is 0. The molecule has 1 fully saturated rings. The maximum Gasteiger partial charge on any atom is 0.307 e. The first kappa shape index (κ1) is 13.0. The molecule has 92 valence electrons. The van der Waals surface area contributed by atoms with Gasteiger partial charge >= 0.3 is 5.97 Å². The van der Waals surface area contributed by atoms with Crippen LogP contribution < -0.4 is 10.6 Å². The molecule has 1 aliphatic rings. The van der Waals surface area contributed by atoms with E-state index < -0.39 is 0 Å². The Balaban J connectivity index is 2.41. The Hall–Kier alpha value is -1.10. The van der Waals surface area contributed by atoms with E-state index in [0.29, 0.717) is 13.0 Å². The standard InChI is InChI=1S/C11H20N2O3/c1-12-7-4-9(14)13-11(5-3-6-11)8-10(15)16-2/h12H,3-8H2,1-2H3,(H,13,14). The maximum absolute atomic E-state index is 11.6. The van der Waals surface area contributed by atoms with E-state index in [1.54, 1.807) is 7.05 Å². The average Bonchev–Trinajstić information content (AvgIpc) is 2.23. The number of esters is 1. The molecule has 1 amide bonds. The predicted octanol–water partition coefficient (Wildman–Crippen LogP) is 0.198. The molecule has 0 saturated heterocycles. The Labute approximate surface area is 95.9 Å². The van der Waals surface area contributed by atoms with Crippen LogP contribution in [0.15, 0.2) is 0 Å². The van der Waals surface area contributed by atoms with Crippen molar-refractivity contribution >= 4 is 11.9 Å². The van der Waals surface area contributed by atoms with Gasteiger partial charge in [0.25, 0.3) is 0 Å². The number of hydrogen-bond acceptors (Lipinski definition) is 4.